The van der Waals surface area contributed by atoms with E-state index in [1.54, 1.807) is 7.11 Å². The van der Waals surface area contributed by atoms with Crippen molar-refractivity contribution in [2.24, 2.45) is 0 Å². The van der Waals surface area contributed by atoms with Crippen molar-refractivity contribution in [3.63, 3.8) is 0 Å². The Labute approximate surface area is 97.0 Å². The van der Waals surface area contributed by atoms with Crippen LogP contribution in [0.25, 0.3) is 0 Å². The zero-order valence-electron chi connectivity index (χ0n) is 8.40. The standard InChI is InChI=1S/C10H14BrNO3/c1-15-10-3-2-7(11)4-9(10)12-5-8(14)6-13/h2-4,8,12-14H,5-6H2,1H3/t8-/m0/s1. The smallest absolute Gasteiger partial charge is 0.142 e. The zero-order chi connectivity index (χ0) is 11.3. The maximum atomic E-state index is 9.19. The van der Waals surface area contributed by atoms with E-state index >= 15 is 0 Å². The number of rotatable bonds is 5. The minimum atomic E-state index is -0.770. The number of hydrogen-bond acceptors (Lipinski definition) is 4. The van der Waals surface area contributed by atoms with Crippen LogP contribution in [0.5, 0.6) is 5.75 Å². The monoisotopic (exact) mass is 275 g/mol. The molecule has 0 aliphatic carbocycles. The third-order valence-electron chi connectivity index (χ3n) is 1.90. The molecule has 0 unspecified atom stereocenters. The van der Waals surface area contributed by atoms with E-state index < -0.39 is 6.10 Å². The molecule has 0 amide bonds. The van der Waals surface area contributed by atoms with Crippen LogP contribution in [0.15, 0.2) is 22.7 Å². The van der Waals surface area contributed by atoms with Crippen molar-refractivity contribution in [3.8, 4) is 5.75 Å². The summed E-state index contributed by atoms with van der Waals surface area (Å²) in [5.41, 5.74) is 0.777. The van der Waals surface area contributed by atoms with Crippen molar-refractivity contribution in [3.05, 3.63) is 22.7 Å². The lowest BCUT2D eigenvalue weighted by atomic mass is 10.2. The van der Waals surface area contributed by atoms with Crippen LogP contribution in [0.3, 0.4) is 0 Å². The van der Waals surface area contributed by atoms with Crippen molar-refractivity contribution in [2.75, 3.05) is 25.6 Å². The van der Waals surface area contributed by atoms with Crippen molar-refractivity contribution < 1.29 is 14.9 Å². The lowest BCUT2D eigenvalue weighted by Crippen LogP contribution is -2.23. The van der Waals surface area contributed by atoms with Crippen LogP contribution in [0.1, 0.15) is 0 Å². The average Bonchev–Trinajstić information content (AvgIpc) is 2.26. The molecule has 1 aromatic carbocycles. The minimum absolute atomic E-state index is 0.261. The summed E-state index contributed by atoms with van der Waals surface area (Å²) in [6.07, 6.45) is -0.770. The Bertz CT molecular complexity index is 320. The molecule has 15 heavy (non-hydrogen) atoms. The molecule has 1 aromatic rings. The summed E-state index contributed by atoms with van der Waals surface area (Å²) in [6, 6.07) is 5.53. The van der Waals surface area contributed by atoms with Gasteiger partial charge in [-0.2, -0.15) is 0 Å². The van der Waals surface area contributed by atoms with Gasteiger partial charge in [0.25, 0.3) is 0 Å². The second-order valence-corrected chi connectivity index (χ2v) is 3.98. The van der Waals surface area contributed by atoms with Gasteiger partial charge in [0.15, 0.2) is 0 Å². The van der Waals surface area contributed by atoms with E-state index in [1.807, 2.05) is 18.2 Å². The number of hydrogen-bond donors (Lipinski definition) is 3. The summed E-state index contributed by atoms with van der Waals surface area (Å²) >= 11 is 3.34. The van der Waals surface area contributed by atoms with Gasteiger partial charge in [-0.05, 0) is 18.2 Å². The van der Waals surface area contributed by atoms with Crippen molar-refractivity contribution in [1.29, 1.82) is 0 Å². The molecular formula is C10H14BrNO3. The minimum Gasteiger partial charge on any atom is -0.495 e. The van der Waals surface area contributed by atoms with E-state index in [-0.39, 0.29) is 13.2 Å². The van der Waals surface area contributed by atoms with Gasteiger partial charge in [0.05, 0.1) is 25.5 Å². The quantitative estimate of drug-likeness (QED) is 0.756. The van der Waals surface area contributed by atoms with Gasteiger partial charge in [-0.15, -0.1) is 0 Å². The lowest BCUT2D eigenvalue weighted by molar-refractivity contribution is 0.105. The van der Waals surface area contributed by atoms with Crippen LogP contribution in [-0.4, -0.2) is 36.6 Å². The third-order valence-corrected chi connectivity index (χ3v) is 2.39. The number of nitrogens with one attached hydrogen (secondary N) is 1. The zero-order valence-corrected chi connectivity index (χ0v) is 9.99. The van der Waals surface area contributed by atoms with Crippen LogP contribution in [0.2, 0.25) is 0 Å². The molecule has 0 aliphatic rings. The van der Waals surface area contributed by atoms with Gasteiger partial charge in [-0.25, -0.2) is 0 Å². The van der Waals surface area contributed by atoms with E-state index in [0.29, 0.717) is 5.75 Å². The first kappa shape index (κ1) is 12.3. The number of methoxy groups -OCH3 is 1. The summed E-state index contributed by atoms with van der Waals surface area (Å²) in [5.74, 6) is 0.698. The fourth-order valence-electron chi connectivity index (χ4n) is 1.11. The van der Waals surface area contributed by atoms with E-state index in [2.05, 4.69) is 21.2 Å². The summed E-state index contributed by atoms with van der Waals surface area (Å²) in [5, 5.41) is 20.8. The molecule has 0 aromatic heterocycles. The Kier molecular flexibility index (Phi) is 4.87. The lowest BCUT2D eigenvalue weighted by Gasteiger charge is -2.13. The molecular weight excluding hydrogens is 262 g/mol. The number of benzene rings is 1. The molecule has 5 heteroatoms. The molecule has 0 spiro atoms. The van der Waals surface area contributed by atoms with Gasteiger partial charge in [0.2, 0.25) is 0 Å². The van der Waals surface area contributed by atoms with Gasteiger partial charge in [0, 0.05) is 11.0 Å². The first-order valence-electron chi connectivity index (χ1n) is 4.53. The number of ether oxygens (including phenoxy) is 1. The second-order valence-electron chi connectivity index (χ2n) is 3.06. The fourth-order valence-corrected chi connectivity index (χ4v) is 1.47. The van der Waals surface area contributed by atoms with Gasteiger partial charge in [0.1, 0.15) is 5.75 Å². The second kappa shape index (κ2) is 5.95. The van der Waals surface area contributed by atoms with Crippen molar-refractivity contribution >= 4 is 21.6 Å². The number of aliphatic hydroxyl groups excluding tert-OH is 2. The summed E-state index contributed by atoms with van der Waals surface area (Å²) in [6.45, 7) is 0.0205. The average molecular weight is 276 g/mol. The molecule has 1 atom stereocenters. The maximum absolute atomic E-state index is 9.19. The Morgan fingerprint density at radius 3 is 2.87 bits per heavy atom. The highest BCUT2D eigenvalue weighted by Crippen LogP contribution is 2.27. The molecule has 0 bridgehead atoms. The van der Waals surface area contributed by atoms with Crippen molar-refractivity contribution in [1.82, 2.24) is 0 Å². The molecule has 0 saturated heterocycles. The van der Waals surface area contributed by atoms with Gasteiger partial charge in [-0.3, -0.25) is 0 Å². The Hall–Kier alpha value is -0.780. The van der Waals surface area contributed by atoms with Crippen LogP contribution in [0.4, 0.5) is 5.69 Å². The van der Waals surface area contributed by atoms with E-state index in [0.717, 1.165) is 10.2 Å². The van der Waals surface area contributed by atoms with Crippen LogP contribution < -0.4 is 10.1 Å². The molecule has 0 radical (unpaired) electrons. The number of aliphatic hydroxyl groups is 2. The highest BCUT2D eigenvalue weighted by molar-refractivity contribution is 9.10. The Balaban J connectivity index is 2.69. The topological polar surface area (TPSA) is 61.7 Å². The Morgan fingerprint density at radius 1 is 1.53 bits per heavy atom. The first-order valence-corrected chi connectivity index (χ1v) is 5.33. The fraction of sp³-hybridized carbons (Fsp3) is 0.400. The molecule has 1 rings (SSSR count). The van der Waals surface area contributed by atoms with Crippen molar-refractivity contribution in [2.45, 2.75) is 6.10 Å². The molecule has 4 nitrogen and oxygen atoms in total. The van der Waals surface area contributed by atoms with Crippen LogP contribution >= 0.6 is 15.9 Å². The Morgan fingerprint density at radius 2 is 2.27 bits per heavy atom. The molecule has 3 N–H and O–H groups in total. The molecule has 84 valence electrons. The van der Waals surface area contributed by atoms with E-state index in [1.165, 1.54) is 0 Å². The SMILES string of the molecule is COc1ccc(Br)cc1NC[C@H](O)CO. The predicted octanol–water partition coefficient (Wildman–Crippen LogP) is 1.22. The van der Waals surface area contributed by atoms with Crippen LogP contribution in [-0.2, 0) is 0 Å². The largest absolute Gasteiger partial charge is 0.495 e. The predicted molar refractivity (Wildman–Crippen MR) is 62.3 cm³/mol. The highest BCUT2D eigenvalue weighted by atomic mass is 79.9. The molecule has 0 heterocycles. The van der Waals surface area contributed by atoms with E-state index in [9.17, 15) is 5.11 Å². The van der Waals surface area contributed by atoms with Gasteiger partial charge in [-0.1, -0.05) is 15.9 Å². The molecule has 0 aliphatic heterocycles. The van der Waals surface area contributed by atoms with Gasteiger partial charge < -0.3 is 20.3 Å². The summed E-state index contributed by atoms with van der Waals surface area (Å²) < 4.78 is 6.06. The summed E-state index contributed by atoms with van der Waals surface area (Å²) in [7, 11) is 1.58. The molecule has 0 saturated carbocycles. The van der Waals surface area contributed by atoms with E-state index in [4.69, 9.17) is 9.84 Å². The molecule has 0 fully saturated rings. The maximum Gasteiger partial charge on any atom is 0.142 e. The first-order chi connectivity index (χ1) is 7.17. The number of anilines is 1. The number of halogens is 1. The highest BCUT2D eigenvalue weighted by Gasteiger charge is 2.06. The van der Waals surface area contributed by atoms with Gasteiger partial charge >= 0.3 is 0 Å². The summed E-state index contributed by atoms with van der Waals surface area (Å²) in [4.78, 5) is 0. The normalized spacial score (nSPS) is 12.3. The third kappa shape index (κ3) is 3.70. The van der Waals surface area contributed by atoms with Crippen LogP contribution in [0, 0.1) is 0 Å².